The second kappa shape index (κ2) is 10.1. The van der Waals surface area contributed by atoms with E-state index in [9.17, 15) is 4.79 Å². The fourth-order valence-electron chi connectivity index (χ4n) is 1.03. The van der Waals surface area contributed by atoms with Crippen molar-refractivity contribution < 1.29 is 4.79 Å². The fraction of sp³-hybridized carbons (Fsp3) is 0.900. The van der Waals surface area contributed by atoms with Crippen molar-refractivity contribution in [2.24, 2.45) is 5.73 Å². The molecule has 0 saturated carbocycles. The lowest BCUT2D eigenvalue weighted by molar-refractivity contribution is -0.122. The number of rotatable bonds is 6. The first-order valence-electron chi connectivity index (χ1n) is 5.17. The van der Waals surface area contributed by atoms with Gasteiger partial charge in [0.15, 0.2) is 0 Å². The summed E-state index contributed by atoms with van der Waals surface area (Å²) in [6.07, 6.45) is 0. The summed E-state index contributed by atoms with van der Waals surface area (Å²) in [5.41, 5.74) is 5.42. The SMILES string of the molecule is CCN(CC)CC(=O)NCC(C)(C)N.Cl.Cl. The molecule has 0 bridgehead atoms. The summed E-state index contributed by atoms with van der Waals surface area (Å²) in [5, 5.41) is 2.82. The zero-order valence-electron chi connectivity index (χ0n) is 10.6. The first kappa shape index (κ1) is 21.3. The van der Waals surface area contributed by atoms with Crippen molar-refractivity contribution >= 4 is 30.7 Å². The molecule has 0 heterocycles. The fourth-order valence-corrected chi connectivity index (χ4v) is 1.03. The zero-order chi connectivity index (χ0) is 11.2. The Kier molecular flexibility index (Phi) is 13.5. The predicted molar refractivity (Wildman–Crippen MR) is 73.6 cm³/mol. The van der Waals surface area contributed by atoms with E-state index >= 15 is 0 Å². The second-order valence-electron chi connectivity index (χ2n) is 4.23. The minimum Gasteiger partial charge on any atom is -0.353 e. The van der Waals surface area contributed by atoms with Crippen LogP contribution in [0.1, 0.15) is 27.7 Å². The third-order valence-corrected chi connectivity index (χ3v) is 2.00. The number of carbonyl (C=O) groups excluding carboxylic acids is 1. The molecule has 0 rings (SSSR count). The normalized spacial score (nSPS) is 10.4. The Labute approximate surface area is 111 Å². The minimum atomic E-state index is -0.334. The Bertz CT molecular complexity index is 179. The lowest BCUT2D eigenvalue weighted by Crippen LogP contribution is -2.47. The highest BCUT2D eigenvalue weighted by molar-refractivity contribution is 5.85. The summed E-state index contributed by atoms with van der Waals surface area (Å²) in [5.74, 6) is 0.0484. The number of hydrogen-bond acceptors (Lipinski definition) is 3. The molecule has 0 aliphatic carbocycles. The number of nitrogens with zero attached hydrogens (tertiary/aromatic N) is 1. The monoisotopic (exact) mass is 273 g/mol. The Balaban J connectivity index is -0.000000845. The van der Waals surface area contributed by atoms with Crippen molar-refractivity contribution in [2.45, 2.75) is 33.2 Å². The Morgan fingerprint density at radius 3 is 2.00 bits per heavy atom. The highest BCUT2D eigenvalue weighted by Crippen LogP contribution is 1.93. The Hall–Kier alpha value is -0.0300. The van der Waals surface area contributed by atoms with Gasteiger partial charge in [0.05, 0.1) is 6.54 Å². The molecule has 0 fully saturated rings. The predicted octanol–water partition coefficient (Wildman–Crippen LogP) is 1.03. The van der Waals surface area contributed by atoms with Crippen LogP contribution in [0.25, 0.3) is 0 Å². The van der Waals surface area contributed by atoms with Crippen LogP contribution in [-0.4, -0.2) is 42.5 Å². The van der Waals surface area contributed by atoms with Crippen molar-refractivity contribution in [2.75, 3.05) is 26.2 Å². The van der Waals surface area contributed by atoms with Crippen LogP contribution in [0.4, 0.5) is 0 Å². The van der Waals surface area contributed by atoms with Gasteiger partial charge in [0.25, 0.3) is 0 Å². The van der Waals surface area contributed by atoms with Gasteiger partial charge in [-0.15, -0.1) is 24.8 Å². The van der Waals surface area contributed by atoms with Crippen molar-refractivity contribution in [1.82, 2.24) is 10.2 Å². The van der Waals surface area contributed by atoms with E-state index in [4.69, 9.17) is 5.73 Å². The molecule has 100 valence electrons. The number of likely N-dealkylation sites (N-methyl/N-ethyl adjacent to an activating group) is 1. The van der Waals surface area contributed by atoms with Crippen LogP contribution in [0, 0.1) is 0 Å². The average Bonchev–Trinajstić information content (AvgIpc) is 2.09. The molecule has 0 aliphatic rings. The lowest BCUT2D eigenvalue weighted by Gasteiger charge is -2.21. The molecule has 0 aromatic heterocycles. The van der Waals surface area contributed by atoms with Gasteiger partial charge in [-0.2, -0.15) is 0 Å². The van der Waals surface area contributed by atoms with Crippen molar-refractivity contribution in [3.8, 4) is 0 Å². The van der Waals surface area contributed by atoms with Crippen molar-refractivity contribution in [1.29, 1.82) is 0 Å². The van der Waals surface area contributed by atoms with Crippen molar-refractivity contribution in [3.63, 3.8) is 0 Å². The number of hydrogen-bond donors (Lipinski definition) is 2. The van der Waals surface area contributed by atoms with Crippen molar-refractivity contribution in [3.05, 3.63) is 0 Å². The van der Waals surface area contributed by atoms with Gasteiger partial charge in [-0.05, 0) is 26.9 Å². The number of amides is 1. The first-order chi connectivity index (χ1) is 6.39. The van der Waals surface area contributed by atoms with Crippen LogP contribution in [0.2, 0.25) is 0 Å². The summed E-state index contributed by atoms with van der Waals surface area (Å²) < 4.78 is 0. The molecular formula is C10H25Cl2N3O. The largest absolute Gasteiger partial charge is 0.353 e. The molecule has 0 spiro atoms. The maximum Gasteiger partial charge on any atom is 0.234 e. The number of carbonyl (C=O) groups is 1. The van der Waals surface area contributed by atoms with Gasteiger partial charge >= 0.3 is 0 Å². The molecule has 4 nitrogen and oxygen atoms in total. The average molecular weight is 274 g/mol. The molecule has 1 amide bonds. The van der Waals surface area contributed by atoms with E-state index in [-0.39, 0.29) is 36.3 Å². The highest BCUT2D eigenvalue weighted by atomic mass is 35.5. The summed E-state index contributed by atoms with van der Waals surface area (Å²) in [6, 6.07) is 0. The van der Waals surface area contributed by atoms with Gasteiger partial charge in [-0.25, -0.2) is 0 Å². The lowest BCUT2D eigenvalue weighted by atomic mass is 10.1. The van der Waals surface area contributed by atoms with E-state index in [0.29, 0.717) is 13.1 Å². The van der Waals surface area contributed by atoms with Crippen LogP contribution < -0.4 is 11.1 Å². The van der Waals surface area contributed by atoms with E-state index in [1.807, 2.05) is 27.7 Å². The molecule has 0 atom stereocenters. The van der Waals surface area contributed by atoms with Crippen LogP contribution >= 0.6 is 24.8 Å². The van der Waals surface area contributed by atoms with Crippen LogP contribution in [0.15, 0.2) is 0 Å². The van der Waals surface area contributed by atoms with Crippen LogP contribution in [0.5, 0.6) is 0 Å². The second-order valence-corrected chi connectivity index (χ2v) is 4.23. The Morgan fingerprint density at radius 1 is 1.25 bits per heavy atom. The van der Waals surface area contributed by atoms with E-state index in [0.717, 1.165) is 13.1 Å². The number of nitrogens with one attached hydrogen (secondary N) is 1. The molecule has 0 radical (unpaired) electrons. The van der Waals surface area contributed by atoms with Crippen LogP contribution in [0.3, 0.4) is 0 Å². The molecule has 0 aromatic rings. The summed E-state index contributed by atoms with van der Waals surface area (Å²) in [6.45, 7) is 10.7. The summed E-state index contributed by atoms with van der Waals surface area (Å²) >= 11 is 0. The number of halogens is 2. The molecule has 0 saturated heterocycles. The topological polar surface area (TPSA) is 58.4 Å². The van der Waals surface area contributed by atoms with E-state index in [2.05, 4.69) is 10.2 Å². The van der Waals surface area contributed by atoms with Gasteiger partial charge in [-0.1, -0.05) is 13.8 Å². The minimum absolute atomic E-state index is 0. The smallest absolute Gasteiger partial charge is 0.234 e. The third-order valence-electron chi connectivity index (χ3n) is 2.00. The summed E-state index contributed by atoms with van der Waals surface area (Å²) in [7, 11) is 0. The van der Waals surface area contributed by atoms with Gasteiger partial charge < -0.3 is 11.1 Å². The van der Waals surface area contributed by atoms with Gasteiger partial charge in [0.2, 0.25) is 5.91 Å². The van der Waals surface area contributed by atoms with Crippen LogP contribution in [-0.2, 0) is 4.79 Å². The standard InChI is InChI=1S/C10H23N3O.2ClH/c1-5-13(6-2)7-9(14)12-8-10(3,4)11;;/h5-8,11H2,1-4H3,(H,12,14);2*1H. The molecule has 0 aromatic carbocycles. The molecule has 0 aliphatic heterocycles. The summed E-state index contributed by atoms with van der Waals surface area (Å²) in [4.78, 5) is 13.5. The van der Waals surface area contributed by atoms with E-state index in [1.165, 1.54) is 0 Å². The quantitative estimate of drug-likeness (QED) is 0.760. The Morgan fingerprint density at radius 2 is 1.69 bits per heavy atom. The molecule has 3 N–H and O–H groups in total. The molecule has 0 unspecified atom stereocenters. The maximum atomic E-state index is 11.4. The third kappa shape index (κ3) is 12.0. The molecular weight excluding hydrogens is 249 g/mol. The zero-order valence-corrected chi connectivity index (χ0v) is 12.2. The van der Waals surface area contributed by atoms with E-state index < -0.39 is 0 Å². The highest BCUT2D eigenvalue weighted by Gasteiger charge is 2.13. The van der Waals surface area contributed by atoms with E-state index in [1.54, 1.807) is 0 Å². The van der Waals surface area contributed by atoms with Gasteiger partial charge in [-0.3, -0.25) is 9.69 Å². The molecule has 16 heavy (non-hydrogen) atoms. The molecule has 6 heteroatoms. The maximum absolute atomic E-state index is 11.4. The number of nitrogens with two attached hydrogens (primary N) is 1. The first-order valence-corrected chi connectivity index (χ1v) is 5.17. The van der Waals surface area contributed by atoms with Gasteiger partial charge in [0.1, 0.15) is 0 Å². The van der Waals surface area contributed by atoms with Gasteiger partial charge in [0, 0.05) is 12.1 Å².